The van der Waals surface area contributed by atoms with Gasteiger partial charge < -0.3 is 4.90 Å². The summed E-state index contributed by atoms with van der Waals surface area (Å²) in [7, 11) is -3.72. The number of rotatable bonds is 4. The maximum Gasteiger partial charge on any atom is 0.245 e. The van der Waals surface area contributed by atoms with Crippen LogP contribution in [0.15, 0.2) is 59.6 Å². The zero-order valence-corrected chi connectivity index (χ0v) is 17.4. The van der Waals surface area contributed by atoms with E-state index in [1.807, 2.05) is 19.1 Å². The molecule has 1 saturated heterocycles. The number of piperazine rings is 1. The first-order chi connectivity index (χ1) is 14.3. The average Bonchev–Trinajstić information content (AvgIpc) is 2.74. The molecule has 3 aromatic rings. The van der Waals surface area contributed by atoms with E-state index in [1.54, 1.807) is 35.4 Å². The normalized spacial score (nSPS) is 15.5. The molecule has 1 aromatic heterocycles. The number of para-hydroxylation sites is 1. The fourth-order valence-electron chi connectivity index (χ4n) is 3.66. The van der Waals surface area contributed by atoms with E-state index in [2.05, 4.69) is 4.98 Å². The van der Waals surface area contributed by atoms with Crippen molar-refractivity contribution in [3.05, 3.63) is 71.7 Å². The number of sulfonamides is 1. The van der Waals surface area contributed by atoms with Gasteiger partial charge in [-0.2, -0.15) is 4.31 Å². The fraction of sp³-hybridized carbons (Fsp3) is 0.273. The van der Waals surface area contributed by atoms with Gasteiger partial charge in [-0.15, -0.1) is 0 Å². The summed E-state index contributed by atoms with van der Waals surface area (Å²) < 4.78 is 40.9. The summed E-state index contributed by atoms with van der Waals surface area (Å²) >= 11 is 0. The van der Waals surface area contributed by atoms with Crippen LogP contribution in [0.4, 0.5) is 4.39 Å². The van der Waals surface area contributed by atoms with Crippen molar-refractivity contribution in [1.82, 2.24) is 14.2 Å². The lowest BCUT2D eigenvalue weighted by Gasteiger charge is -2.34. The SMILES string of the molecule is Cc1cnc2c(S(=O)(=O)N3CCN(C(=O)Cc4ccc(F)cc4)CC3)cccc2c1. The van der Waals surface area contributed by atoms with Gasteiger partial charge in [0.1, 0.15) is 10.7 Å². The minimum atomic E-state index is -3.72. The van der Waals surface area contributed by atoms with Gasteiger partial charge >= 0.3 is 0 Å². The summed E-state index contributed by atoms with van der Waals surface area (Å²) in [6.45, 7) is 2.99. The summed E-state index contributed by atoms with van der Waals surface area (Å²) in [5.41, 5.74) is 2.15. The Bertz CT molecular complexity index is 1190. The van der Waals surface area contributed by atoms with E-state index in [-0.39, 0.29) is 36.1 Å². The monoisotopic (exact) mass is 427 g/mol. The summed E-state index contributed by atoms with van der Waals surface area (Å²) in [5, 5.41) is 0.782. The quantitative estimate of drug-likeness (QED) is 0.642. The summed E-state index contributed by atoms with van der Waals surface area (Å²) in [4.78, 5) is 18.7. The number of benzene rings is 2. The highest BCUT2D eigenvalue weighted by Crippen LogP contribution is 2.25. The van der Waals surface area contributed by atoms with Crippen LogP contribution in [0, 0.1) is 12.7 Å². The van der Waals surface area contributed by atoms with Crippen molar-refractivity contribution < 1.29 is 17.6 Å². The second kappa shape index (κ2) is 8.12. The smallest absolute Gasteiger partial charge is 0.245 e. The zero-order valence-electron chi connectivity index (χ0n) is 16.6. The van der Waals surface area contributed by atoms with E-state index in [0.717, 1.165) is 16.5 Å². The molecule has 1 amide bonds. The van der Waals surface area contributed by atoms with Gasteiger partial charge in [0.25, 0.3) is 0 Å². The zero-order chi connectivity index (χ0) is 21.3. The van der Waals surface area contributed by atoms with Gasteiger partial charge in [-0.3, -0.25) is 9.78 Å². The van der Waals surface area contributed by atoms with Gasteiger partial charge in [0.15, 0.2) is 0 Å². The Balaban J connectivity index is 1.47. The van der Waals surface area contributed by atoms with Gasteiger partial charge in [0, 0.05) is 37.8 Å². The molecule has 2 aromatic carbocycles. The molecule has 4 rings (SSSR count). The number of hydrogen-bond donors (Lipinski definition) is 0. The van der Waals surface area contributed by atoms with Crippen LogP contribution < -0.4 is 0 Å². The molecule has 0 unspecified atom stereocenters. The van der Waals surface area contributed by atoms with Gasteiger partial charge in [-0.05, 0) is 42.3 Å². The molecule has 156 valence electrons. The first kappa shape index (κ1) is 20.4. The molecular weight excluding hydrogens is 405 g/mol. The van der Waals surface area contributed by atoms with Crippen LogP contribution in [0.2, 0.25) is 0 Å². The van der Waals surface area contributed by atoms with Crippen molar-refractivity contribution in [3.8, 4) is 0 Å². The van der Waals surface area contributed by atoms with Gasteiger partial charge in [-0.1, -0.05) is 24.3 Å². The Morgan fingerprint density at radius 3 is 2.47 bits per heavy atom. The molecule has 1 aliphatic rings. The Kier molecular flexibility index (Phi) is 5.53. The molecule has 1 fully saturated rings. The number of carbonyl (C=O) groups excluding carboxylic acids is 1. The Morgan fingerprint density at radius 2 is 1.77 bits per heavy atom. The van der Waals surface area contributed by atoms with Crippen molar-refractivity contribution in [2.75, 3.05) is 26.2 Å². The number of nitrogens with zero attached hydrogens (tertiary/aromatic N) is 3. The van der Waals surface area contributed by atoms with E-state index in [1.165, 1.54) is 16.4 Å². The number of pyridine rings is 1. The third-order valence-corrected chi connectivity index (χ3v) is 7.22. The van der Waals surface area contributed by atoms with Crippen LogP contribution in [0.5, 0.6) is 0 Å². The molecule has 1 aliphatic heterocycles. The molecule has 0 bridgehead atoms. The molecule has 0 aliphatic carbocycles. The maximum absolute atomic E-state index is 13.2. The molecule has 2 heterocycles. The van der Waals surface area contributed by atoms with Crippen molar-refractivity contribution in [2.45, 2.75) is 18.2 Å². The van der Waals surface area contributed by atoms with Crippen LogP contribution in [-0.2, 0) is 21.2 Å². The Labute approximate surface area is 175 Å². The maximum atomic E-state index is 13.2. The highest BCUT2D eigenvalue weighted by atomic mass is 32.2. The van der Waals surface area contributed by atoms with Crippen molar-refractivity contribution in [1.29, 1.82) is 0 Å². The van der Waals surface area contributed by atoms with Gasteiger partial charge in [0.2, 0.25) is 15.9 Å². The van der Waals surface area contributed by atoms with Crippen molar-refractivity contribution in [3.63, 3.8) is 0 Å². The molecule has 0 atom stereocenters. The summed E-state index contributed by atoms with van der Waals surface area (Å²) in [6, 6.07) is 12.9. The van der Waals surface area contributed by atoms with Crippen molar-refractivity contribution >= 4 is 26.8 Å². The van der Waals surface area contributed by atoms with E-state index in [4.69, 9.17) is 0 Å². The van der Waals surface area contributed by atoms with Crippen molar-refractivity contribution in [2.24, 2.45) is 0 Å². The minimum absolute atomic E-state index is 0.0963. The standard InChI is InChI=1S/C22H22FN3O3S/c1-16-13-18-3-2-4-20(22(18)24-15-16)30(28,29)26-11-9-25(10-12-26)21(27)14-17-5-7-19(23)8-6-17/h2-8,13,15H,9-12,14H2,1H3. The topological polar surface area (TPSA) is 70.6 Å². The number of fused-ring (bicyclic) bond motifs is 1. The summed E-state index contributed by atoms with van der Waals surface area (Å²) in [6.07, 6.45) is 1.83. The predicted octanol–water partition coefficient (Wildman–Crippen LogP) is 2.76. The van der Waals surface area contributed by atoms with E-state index in [9.17, 15) is 17.6 Å². The molecule has 30 heavy (non-hydrogen) atoms. The van der Waals surface area contributed by atoms with E-state index in [0.29, 0.717) is 18.6 Å². The van der Waals surface area contributed by atoms with Crippen LogP contribution in [0.1, 0.15) is 11.1 Å². The first-order valence-corrected chi connectivity index (χ1v) is 11.2. The second-order valence-corrected chi connectivity index (χ2v) is 9.34. The van der Waals surface area contributed by atoms with Crippen LogP contribution in [-0.4, -0.2) is 54.7 Å². The van der Waals surface area contributed by atoms with E-state index < -0.39 is 10.0 Å². The molecular formula is C22H22FN3O3S. The van der Waals surface area contributed by atoms with Crippen LogP contribution in [0.25, 0.3) is 10.9 Å². The third kappa shape index (κ3) is 4.06. The highest BCUT2D eigenvalue weighted by Gasteiger charge is 2.31. The number of aryl methyl sites for hydroxylation is 1. The molecule has 0 N–H and O–H groups in total. The first-order valence-electron chi connectivity index (χ1n) is 9.72. The lowest BCUT2D eigenvalue weighted by Crippen LogP contribution is -2.50. The van der Waals surface area contributed by atoms with Crippen LogP contribution >= 0.6 is 0 Å². The lowest BCUT2D eigenvalue weighted by atomic mass is 10.1. The third-order valence-electron chi connectivity index (χ3n) is 5.29. The predicted molar refractivity (Wildman–Crippen MR) is 112 cm³/mol. The molecule has 0 radical (unpaired) electrons. The number of hydrogen-bond acceptors (Lipinski definition) is 4. The van der Waals surface area contributed by atoms with E-state index >= 15 is 0 Å². The number of halogens is 1. The second-order valence-electron chi connectivity index (χ2n) is 7.43. The minimum Gasteiger partial charge on any atom is -0.340 e. The average molecular weight is 428 g/mol. The molecule has 8 heteroatoms. The van der Waals surface area contributed by atoms with Crippen LogP contribution in [0.3, 0.4) is 0 Å². The lowest BCUT2D eigenvalue weighted by molar-refractivity contribution is -0.131. The molecule has 6 nitrogen and oxygen atoms in total. The van der Waals surface area contributed by atoms with Gasteiger partial charge in [-0.25, -0.2) is 12.8 Å². The molecule has 0 spiro atoms. The number of aromatic nitrogens is 1. The number of carbonyl (C=O) groups is 1. The fourth-order valence-corrected chi connectivity index (χ4v) is 5.24. The summed E-state index contributed by atoms with van der Waals surface area (Å²) in [5.74, 6) is -0.441. The molecule has 0 saturated carbocycles. The number of amides is 1. The largest absolute Gasteiger partial charge is 0.340 e. The Morgan fingerprint density at radius 1 is 1.07 bits per heavy atom. The highest BCUT2D eigenvalue weighted by molar-refractivity contribution is 7.89. The Hall–Kier alpha value is -2.84. The van der Waals surface area contributed by atoms with Gasteiger partial charge in [0.05, 0.1) is 11.9 Å².